The SMILES string of the molecule is C=C(C)CNCCOC(=O)NCc1ccc(Cn2c(-c3ccncc3)nc3c(N)nc4ccccc4c32)cc1. The van der Waals surface area contributed by atoms with Crippen molar-refractivity contribution >= 4 is 33.8 Å². The molecule has 0 radical (unpaired) electrons. The summed E-state index contributed by atoms with van der Waals surface area (Å²) in [6.45, 7) is 8.31. The highest BCUT2D eigenvalue weighted by Crippen LogP contribution is 2.33. The van der Waals surface area contributed by atoms with Crippen molar-refractivity contribution in [3.8, 4) is 11.4 Å². The number of hydrogen-bond acceptors (Lipinski definition) is 7. The first-order chi connectivity index (χ1) is 19.0. The Bertz CT molecular complexity index is 1610. The van der Waals surface area contributed by atoms with Crippen LogP contribution in [-0.2, 0) is 17.8 Å². The lowest BCUT2D eigenvalue weighted by molar-refractivity contribution is 0.146. The molecule has 9 heteroatoms. The molecule has 2 aromatic carbocycles. The number of nitrogens with two attached hydrogens (primary N) is 1. The zero-order valence-electron chi connectivity index (χ0n) is 21.9. The Hall–Kier alpha value is -4.76. The quantitative estimate of drug-likeness (QED) is 0.180. The van der Waals surface area contributed by atoms with Gasteiger partial charge in [0.05, 0.1) is 11.0 Å². The third kappa shape index (κ3) is 6.05. The number of aromatic nitrogens is 4. The molecule has 9 nitrogen and oxygen atoms in total. The van der Waals surface area contributed by atoms with Crippen LogP contribution < -0.4 is 16.4 Å². The van der Waals surface area contributed by atoms with Crippen molar-refractivity contribution in [1.82, 2.24) is 30.2 Å². The molecule has 4 N–H and O–H groups in total. The number of benzene rings is 2. The topological polar surface area (TPSA) is 120 Å². The smallest absolute Gasteiger partial charge is 0.407 e. The Morgan fingerprint density at radius 1 is 1.03 bits per heavy atom. The number of ether oxygens (including phenoxy) is 1. The molecule has 39 heavy (non-hydrogen) atoms. The van der Waals surface area contributed by atoms with Crippen LogP contribution in [0.15, 0.2) is 85.2 Å². The fourth-order valence-electron chi connectivity index (χ4n) is 4.42. The van der Waals surface area contributed by atoms with E-state index in [0.29, 0.717) is 44.1 Å². The average Bonchev–Trinajstić information content (AvgIpc) is 3.33. The first kappa shape index (κ1) is 25.9. The molecule has 0 spiro atoms. The van der Waals surface area contributed by atoms with Crippen LogP contribution >= 0.6 is 0 Å². The molecule has 0 saturated heterocycles. The predicted octanol–water partition coefficient (Wildman–Crippen LogP) is 4.67. The molecular formula is C30H31N7O2. The third-order valence-corrected chi connectivity index (χ3v) is 6.29. The molecule has 0 aliphatic carbocycles. The lowest BCUT2D eigenvalue weighted by atomic mass is 10.1. The van der Waals surface area contributed by atoms with Gasteiger partial charge in [0.25, 0.3) is 0 Å². The van der Waals surface area contributed by atoms with Gasteiger partial charge in [-0.05, 0) is 36.2 Å². The summed E-state index contributed by atoms with van der Waals surface area (Å²) in [7, 11) is 0. The molecule has 3 heterocycles. The van der Waals surface area contributed by atoms with Crippen LogP contribution in [0.3, 0.4) is 0 Å². The lowest BCUT2D eigenvalue weighted by Crippen LogP contribution is -2.28. The summed E-state index contributed by atoms with van der Waals surface area (Å²) in [4.78, 5) is 25.7. The highest BCUT2D eigenvalue weighted by Gasteiger charge is 2.18. The molecule has 0 unspecified atom stereocenters. The number of anilines is 1. The highest BCUT2D eigenvalue weighted by molar-refractivity contribution is 6.07. The first-order valence-electron chi connectivity index (χ1n) is 12.8. The van der Waals surface area contributed by atoms with Crippen LogP contribution in [-0.4, -0.2) is 45.3 Å². The van der Waals surface area contributed by atoms with Gasteiger partial charge >= 0.3 is 6.09 Å². The Morgan fingerprint density at radius 3 is 2.54 bits per heavy atom. The lowest BCUT2D eigenvalue weighted by Gasteiger charge is -2.12. The number of carbonyl (C=O) groups is 1. The maximum absolute atomic E-state index is 12.0. The number of nitrogens with one attached hydrogen (secondary N) is 2. The molecule has 0 fully saturated rings. The number of hydrogen-bond donors (Lipinski definition) is 3. The van der Waals surface area contributed by atoms with Crippen LogP contribution in [0.25, 0.3) is 33.3 Å². The van der Waals surface area contributed by atoms with Crippen LogP contribution in [0.2, 0.25) is 0 Å². The standard InChI is InChI=1S/C30H31N7O2/c1-20(2)17-33-15-16-39-30(38)34-18-21-7-9-22(10-8-21)19-37-27-24-5-3-4-6-25(24)35-28(31)26(27)36-29(37)23-11-13-32-14-12-23/h3-14,33H,1,15-19H2,2H3,(H2,31,35)(H,34,38). The Morgan fingerprint density at radius 2 is 1.77 bits per heavy atom. The van der Waals surface area contributed by atoms with Crippen molar-refractivity contribution < 1.29 is 9.53 Å². The Balaban J connectivity index is 1.34. The summed E-state index contributed by atoms with van der Waals surface area (Å²) in [6, 6.07) is 19.9. The van der Waals surface area contributed by atoms with Crippen LogP contribution in [0.5, 0.6) is 0 Å². The van der Waals surface area contributed by atoms with Gasteiger partial charge in [-0.3, -0.25) is 4.98 Å². The summed E-state index contributed by atoms with van der Waals surface area (Å²) >= 11 is 0. The fraction of sp³-hybridized carbons (Fsp3) is 0.200. The van der Waals surface area contributed by atoms with Gasteiger partial charge in [-0.15, -0.1) is 0 Å². The molecule has 0 aliphatic heterocycles. The van der Waals surface area contributed by atoms with E-state index in [0.717, 1.165) is 44.5 Å². The van der Waals surface area contributed by atoms with E-state index in [1.807, 2.05) is 55.5 Å². The summed E-state index contributed by atoms with van der Waals surface area (Å²) in [5.41, 5.74) is 12.8. The number of carbonyl (C=O) groups excluding carboxylic acids is 1. The minimum atomic E-state index is -0.443. The third-order valence-electron chi connectivity index (χ3n) is 6.29. The second-order valence-corrected chi connectivity index (χ2v) is 9.41. The van der Waals surface area contributed by atoms with Gasteiger partial charge in [0, 0.05) is 49.5 Å². The van der Waals surface area contributed by atoms with Crippen molar-refractivity contribution in [2.75, 3.05) is 25.4 Å². The van der Waals surface area contributed by atoms with Gasteiger partial charge in [-0.25, -0.2) is 14.8 Å². The van der Waals surface area contributed by atoms with E-state index in [9.17, 15) is 4.79 Å². The molecule has 0 bridgehead atoms. The van der Waals surface area contributed by atoms with Crippen molar-refractivity contribution in [2.24, 2.45) is 0 Å². The maximum atomic E-state index is 12.0. The van der Waals surface area contributed by atoms with Crippen LogP contribution in [0.4, 0.5) is 10.6 Å². The Kier molecular flexibility index (Phi) is 7.79. The molecular weight excluding hydrogens is 490 g/mol. The van der Waals surface area contributed by atoms with E-state index in [1.165, 1.54) is 0 Å². The summed E-state index contributed by atoms with van der Waals surface area (Å²) in [5, 5.41) is 6.94. The van der Waals surface area contributed by atoms with E-state index in [-0.39, 0.29) is 0 Å². The monoisotopic (exact) mass is 521 g/mol. The number of fused-ring (bicyclic) bond motifs is 3. The predicted molar refractivity (Wildman–Crippen MR) is 154 cm³/mol. The van der Waals surface area contributed by atoms with Crippen molar-refractivity contribution in [1.29, 1.82) is 0 Å². The number of alkyl carbamates (subject to hydrolysis) is 1. The second kappa shape index (κ2) is 11.7. The van der Waals surface area contributed by atoms with Gasteiger partial charge in [0.15, 0.2) is 5.82 Å². The van der Waals surface area contributed by atoms with Crippen LogP contribution in [0.1, 0.15) is 18.1 Å². The van der Waals surface area contributed by atoms with E-state index < -0.39 is 6.09 Å². The summed E-state index contributed by atoms with van der Waals surface area (Å²) < 4.78 is 7.39. The van der Waals surface area contributed by atoms with Crippen molar-refractivity contribution in [3.05, 3.63) is 96.3 Å². The van der Waals surface area contributed by atoms with E-state index in [1.54, 1.807) is 12.4 Å². The zero-order valence-corrected chi connectivity index (χ0v) is 21.9. The van der Waals surface area contributed by atoms with Gasteiger partial charge < -0.3 is 25.7 Å². The molecule has 3 aromatic heterocycles. The van der Waals surface area contributed by atoms with Gasteiger partial charge in [-0.2, -0.15) is 0 Å². The largest absolute Gasteiger partial charge is 0.448 e. The normalized spacial score (nSPS) is 11.1. The van der Waals surface area contributed by atoms with Gasteiger partial charge in [-0.1, -0.05) is 54.6 Å². The van der Waals surface area contributed by atoms with E-state index >= 15 is 0 Å². The van der Waals surface area contributed by atoms with E-state index in [4.69, 9.17) is 15.5 Å². The number of nitrogen functional groups attached to an aromatic ring is 1. The summed E-state index contributed by atoms with van der Waals surface area (Å²) in [6.07, 6.45) is 3.07. The average molecular weight is 522 g/mol. The minimum Gasteiger partial charge on any atom is -0.448 e. The van der Waals surface area contributed by atoms with Crippen molar-refractivity contribution in [2.45, 2.75) is 20.0 Å². The first-order valence-corrected chi connectivity index (χ1v) is 12.8. The van der Waals surface area contributed by atoms with Gasteiger partial charge in [0.2, 0.25) is 0 Å². The molecule has 5 rings (SSSR count). The number of pyridine rings is 2. The van der Waals surface area contributed by atoms with Crippen LogP contribution in [0, 0.1) is 0 Å². The Labute approximate surface area is 226 Å². The number of nitrogens with zero attached hydrogens (tertiary/aromatic N) is 4. The number of rotatable bonds is 10. The molecule has 5 aromatic rings. The molecule has 0 atom stereocenters. The molecule has 198 valence electrons. The molecule has 1 amide bonds. The fourth-order valence-corrected chi connectivity index (χ4v) is 4.42. The maximum Gasteiger partial charge on any atom is 0.407 e. The second-order valence-electron chi connectivity index (χ2n) is 9.41. The van der Waals surface area contributed by atoms with Gasteiger partial charge in [0.1, 0.15) is 17.9 Å². The highest BCUT2D eigenvalue weighted by atomic mass is 16.5. The zero-order chi connectivity index (χ0) is 27.2. The number of amides is 1. The molecule has 0 aliphatic rings. The van der Waals surface area contributed by atoms with Crippen molar-refractivity contribution in [3.63, 3.8) is 0 Å². The molecule has 0 saturated carbocycles. The summed E-state index contributed by atoms with van der Waals surface area (Å²) in [5.74, 6) is 1.20. The number of para-hydroxylation sites is 1. The van der Waals surface area contributed by atoms with E-state index in [2.05, 4.69) is 43.9 Å². The minimum absolute atomic E-state index is 0.297. The number of imidazole rings is 1.